The molecular formula is C33H48O13. The second kappa shape index (κ2) is 15.2. The van der Waals surface area contributed by atoms with Crippen molar-refractivity contribution in [1.29, 1.82) is 0 Å². The van der Waals surface area contributed by atoms with E-state index in [2.05, 4.69) is 0 Å². The molecule has 0 radical (unpaired) electrons. The molecule has 0 aromatic heterocycles. The van der Waals surface area contributed by atoms with Crippen LogP contribution in [0.3, 0.4) is 0 Å². The zero-order valence-electron chi connectivity index (χ0n) is 27.5. The predicted octanol–water partition coefficient (Wildman–Crippen LogP) is 4.23. The van der Waals surface area contributed by atoms with Crippen molar-refractivity contribution < 1.29 is 63.2 Å². The lowest BCUT2D eigenvalue weighted by Crippen LogP contribution is -2.60. The van der Waals surface area contributed by atoms with E-state index in [4.69, 9.17) is 28.7 Å². The topological polar surface area (TPSA) is 184 Å². The van der Waals surface area contributed by atoms with Gasteiger partial charge in [-0.25, -0.2) is 29.0 Å². The van der Waals surface area contributed by atoms with Crippen LogP contribution in [0.4, 0.5) is 0 Å². The van der Waals surface area contributed by atoms with E-state index in [1.54, 1.807) is 45.0 Å². The molecule has 13 heteroatoms. The number of aliphatic carboxylic acids is 2. The fourth-order valence-electron chi connectivity index (χ4n) is 5.88. The van der Waals surface area contributed by atoms with Crippen LogP contribution in [0, 0.1) is 5.41 Å². The second-order valence-corrected chi connectivity index (χ2v) is 13.6. The molecule has 13 nitrogen and oxygen atoms in total. The molecule has 258 valence electrons. The minimum Gasteiger partial charge on any atom is -0.479 e. The number of carboxylic acids is 2. The van der Waals surface area contributed by atoms with E-state index in [1.165, 1.54) is 6.92 Å². The summed E-state index contributed by atoms with van der Waals surface area (Å²) in [5.41, 5.74) is -6.11. The molecule has 3 N–H and O–H groups in total. The second-order valence-electron chi connectivity index (χ2n) is 13.6. The average molecular weight is 653 g/mol. The molecule has 5 unspecified atom stereocenters. The Bertz CT molecular complexity index is 1230. The van der Waals surface area contributed by atoms with Gasteiger partial charge in [0.15, 0.2) is 12.6 Å². The Morgan fingerprint density at radius 2 is 1.41 bits per heavy atom. The van der Waals surface area contributed by atoms with Crippen molar-refractivity contribution >= 4 is 23.9 Å². The van der Waals surface area contributed by atoms with Gasteiger partial charge in [0.05, 0.1) is 6.61 Å². The first-order chi connectivity index (χ1) is 21.5. The first kappa shape index (κ1) is 37.4. The standard InChI is InChI=1S/C33H48O13/c1-7-32(26(35)36,43-23-15-8-10-17-41-23)28(39)45-46-29(40)33(27(37)38,44-24-16-9-11-18-42-24)25(30(2,3)4)21-13-12-14-22(19-21)31(5,6)20-34/h12-14,19,23-25,34H,7-11,15-18,20H2,1-6H3,(H,35,36)(H,37,38). The number of ether oxygens (including phenoxy) is 4. The zero-order chi connectivity index (χ0) is 34.3. The summed E-state index contributed by atoms with van der Waals surface area (Å²) in [6, 6.07) is 6.79. The number of rotatable bonds is 13. The van der Waals surface area contributed by atoms with E-state index in [1.807, 2.05) is 13.8 Å². The third-order valence-electron chi connectivity index (χ3n) is 8.58. The van der Waals surface area contributed by atoms with Gasteiger partial charge in [-0.2, -0.15) is 0 Å². The monoisotopic (exact) mass is 652 g/mol. The fraction of sp³-hybridized carbons (Fsp3) is 0.697. The lowest BCUT2D eigenvalue weighted by molar-refractivity contribution is -0.305. The van der Waals surface area contributed by atoms with Crippen LogP contribution in [-0.4, -0.2) is 82.8 Å². The average Bonchev–Trinajstić information content (AvgIpc) is 3.02. The van der Waals surface area contributed by atoms with Gasteiger partial charge in [0.1, 0.15) is 0 Å². The molecule has 46 heavy (non-hydrogen) atoms. The Labute approximate surface area is 269 Å². The van der Waals surface area contributed by atoms with Crippen molar-refractivity contribution in [3.8, 4) is 0 Å². The highest BCUT2D eigenvalue weighted by Crippen LogP contribution is 2.48. The first-order valence-corrected chi connectivity index (χ1v) is 15.8. The third kappa shape index (κ3) is 8.06. The summed E-state index contributed by atoms with van der Waals surface area (Å²) in [6.07, 6.45) is 0.849. The molecule has 2 saturated heterocycles. The van der Waals surface area contributed by atoms with Crippen LogP contribution in [0.1, 0.15) is 104 Å². The molecule has 0 saturated carbocycles. The van der Waals surface area contributed by atoms with Gasteiger partial charge in [0, 0.05) is 24.5 Å². The molecule has 5 atom stereocenters. The highest BCUT2D eigenvalue weighted by molar-refractivity contribution is 6.05. The van der Waals surface area contributed by atoms with Gasteiger partial charge in [-0.15, -0.1) is 0 Å². The zero-order valence-corrected chi connectivity index (χ0v) is 27.5. The maximum Gasteiger partial charge on any atom is 0.399 e. The molecular weight excluding hydrogens is 604 g/mol. The number of aliphatic hydroxyl groups is 1. The summed E-state index contributed by atoms with van der Waals surface area (Å²) in [5, 5.41) is 30.9. The number of aliphatic hydroxyl groups excluding tert-OH is 1. The normalized spacial score (nSPS) is 22.5. The highest BCUT2D eigenvalue weighted by Gasteiger charge is 2.63. The summed E-state index contributed by atoms with van der Waals surface area (Å²) in [5.74, 6) is -7.87. The first-order valence-electron chi connectivity index (χ1n) is 15.8. The van der Waals surface area contributed by atoms with Crippen LogP contribution in [0.5, 0.6) is 0 Å². The molecule has 0 aliphatic carbocycles. The van der Waals surface area contributed by atoms with Gasteiger partial charge in [0.2, 0.25) is 0 Å². The quantitative estimate of drug-likeness (QED) is 0.156. The van der Waals surface area contributed by atoms with Crippen molar-refractivity contribution in [2.45, 2.75) is 122 Å². The molecule has 1 aromatic rings. The summed E-state index contributed by atoms with van der Waals surface area (Å²) >= 11 is 0. The van der Waals surface area contributed by atoms with E-state index in [0.717, 1.165) is 6.42 Å². The minimum atomic E-state index is -2.84. The Hall–Kier alpha value is -3.10. The Kier molecular flexibility index (Phi) is 12.3. The number of carbonyl (C=O) groups is 4. The number of carboxylic acid groups (broad SMARTS) is 2. The molecule has 1 aromatic carbocycles. The minimum absolute atomic E-state index is 0.207. The Morgan fingerprint density at radius 3 is 1.87 bits per heavy atom. The maximum absolute atomic E-state index is 14.1. The summed E-state index contributed by atoms with van der Waals surface area (Å²) in [4.78, 5) is 63.0. The summed E-state index contributed by atoms with van der Waals surface area (Å²) in [7, 11) is 0. The smallest absolute Gasteiger partial charge is 0.399 e. The fourth-order valence-corrected chi connectivity index (χ4v) is 5.88. The van der Waals surface area contributed by atoms with Gasteiger partial charge < -0.3 is 34.3 Å². The van der Waals surface area contributed by atoms with E-state index in [-0.39, 0.29) is 19.6 Å². The van der Waals surface area contributed by atoms with Crippen molar-refractivity contribution in [1.82, 2.24) is 0 Å². The molecule has 2 fully saturated rings. The molecule has 2 aliphatic rings. The summed E-state index contributed by atoms with van der Waals surface area (Å²) < 4.78 is 22.9. The molecule has 0 amide bonds. The number of carbonyl (C=O) groups excluding carboxylic acids is 2. The van der Waals surface area contributed by atoms with E-state index >= 15 is 0 Å². The Balaban J connectivity index is 2.09. The third-order valence-corrected chi connectivity index (χ3v) is 8.58. The van der Waals surface area contributed by atoms with Crippen molar-refractivity contribution in [3.63, 3.8) is 0 Å². The van der Waals surface area contributed by atoms with Gasteiger partial charge >= 0.3 is 23.9 Å². The van der Waals surface area contributed by atoms with Crippen LogP contribution >= 0.6 is 0 Å². The van der Waals surface area contributed by atoms with Gasteiger partial charge in [-0.1, -0.05) is 65.8 Å². The molecule has 0 spiro atoms. The van der Waals surface area contributed by atoms with Gasteiger partial charge in [-0.3, -0.25) is 0 Å². The SMILES string of the molecule is CCC(OC1CCCCO1)(C(=O)O)C(=O)OOC(=O)C(OC1CCCCO1)(C(=O)O)C(c1cccc(C(C)(C)CO)c1)C(C)(C)C. The lowest BCUT2D eigenvalue weighted by atomic mass is 9.66. The van der Waals surface area contributed by atoms with Crippen LogP contribution in [0.15, 0.2) is 24.3 Å². The maximum atomic E-state index is 14.1. The Morgan fingerprint density at radius 1 is 0.848 bits per heavy atom. The van der Waals surface area contributed by atoms with Gasteiger partial charge in [0.25, 0.3) is 11.2 Å². The summed E-state index contributed by atoms with van der Waals surface area (Å²) in [6.45, 7) is 10.5. The van der Waals surface area contributed by atoms with Crippen LogP contribution in [0.25, 0.3) is 0 Å². The van der Waals surface area contributed by atoms with Crippen LogP contribution < -0.4 is 0 Å². The number of hydrogen-bond acceptors (Lipinski definition) is 11. The molecule has 2 aliphatic heterocycles. The van der Waals surface area contributed by atoms with Crippen LogP contribution in [0.2, 0.25) is 0 Å². The molecule has 0 bridgehead atoms. The van der Waals surface area contributed by atoms with Crippen LogP contribution in [-0.2, 0) is 53.3 Å². The highest BCUT2D eigenvalue weighted by atomic mass is 17.2. The van der Waals surface area contributed by atoms with E-state index < -0.39 is 70.8 Å². The van der Waals surface area contributed by atoms with E-state index in [9.17, 15) is 34.5 Å². The van der Waals surface area contributed by atoms with Crippen molar-refractivity contribution in [2.24, 2.45) is 5.41 Å². The largest absolute Gasteiger partial charge is 0.479 e. The molecule has 2 heterocycles. The van der Waals surface area contributed by atoms with Crippen molar-refractivity contribution in [3.05, 3.63) is 35.4 Å². The van der Waals surface area contributed by atoms with Crippen molar-refractivity contribution in [2.75, 3.05) is 19.8 Å². The molecule has 3 rings (SSSR count). The lowest BCUT2D eigenvalue weighted by Gasteiger charge is -2.44. The predicted molar refractivity (Wildman–Crippen MR) is 161 cm³/mol. The van der Waals surface area contributed by atoms with E-state index in [0.29, 0.717) is 43.4 Å². The number of benzene rings is 1. The number of hydrogen-bond donors (Lipinski definition) is 3. The van der Waals surface area contributed by atoms with Gasteiger partial charge in [-0.05, 0) is 61.5 Å².